The molecule has 1 aromatic heterocycles. The number of aldehydes is 1. The molecule has 2 rings (SSSR count). The largest absolute Gasteiger partial charge is 0.497 e. The molecule has 6 nitrogen and oxygen atoms in total. The Balaban J connectivity index is 2.47. The molecule has 98 valence electrons. The predicted molar refractivity (Wildman–Crippen MR) is 66.8 cm³/mol. The van der Waals surface area contributed by atoms with Crippen molar-refractivity contribution in [1.82, 2.24) is 9.78 Å². The third-order valence-electron chi connectivity index (χ3n) is 2.64. The highest BCUT2D eigenvalue weighted by Crippen LogP contribution is 2.17. The van der Waals surface area contributed by atoms with Gasteiger partial charge in [0, 0.05) is 0 Å². The summed E-state index contributed by atoms with van der Waals surface area (Å²) < 4.78 is 11.0. The zero-order valence-corrected chi connectivity index (χ0v) is 10.5. The van der Waals surface area contributed by atoms with E-state index in [0.717, 1.165) is 0 Å². The third-order valence-corrected chi connectivity index (χ3v) is 2.64. The molecule has 1 heterocycles. The van der Waals surface area contributed by atoms with Crippen LogP contribution in [-0.2, 0) is 4.74 Å². The molecule has 2 aromatic rings. The summed E-state index contributed by atoms with van der Waals surface area (Å²) >= 11 is 0. The van der Waals surface area contributed by atoms with Crippen LogP contribution in [0.15, 0.2) is 30.5 Å². The fourth-order valence-electron chi connectivity index (χ4n) is 1.67. The lowest BCUT2D eigenvalue weighted by atomic mass is 10.2. The van der Waals surface area contributed by atoms with Gasteiger partial charge in [0.25, 0.3) is 0 Å². The maximum absolute atomic E-state index is 11.5. The van der Waals surface area contributed by atoms with E-state index >= 15 is 0 Å². The first kappa shape index (κ1) is 12.8. The first-order chi connectivity index (χ1) is 9.21. The van der Waals surface area contributed by atoms with E-state index in [4.69, 9.17) is 4.74 Å². The lowest BCUT2D eigenvalue weighted by Crippen LogP contribution is -2.07. The molecule has 6 heteroatoms. The van der Waals surface area contributed by atoms with Crippen LogP contribution in [0.4, 0.5) is 0 Å². The van der Waals surface area contributed by atoms with Crippen molar-refractivity contribution in [3.05, 3.63) is 41.7 Å². The van der Waals surface area contributed by atoms with Gasteiger partial charge in [0.15, 0.2) is 6.29 Å². The molecule has 0 atom stereocenters. The number of carbonyl (C=O) groups excluding carboxylic acids is 2. The van der Waals surface area contributed by atoms with Gasteiger partial charge in [-0.25, -0.2) is 9.48 Å². The summed E-state index contributed by atoms with van der Waals surface area (Å²) in [4.78, 5) is 22.6. The second-order valence-corrected chi connectivity index (χ2v) is 3.66. The number of methoxy groups -OCH3 is 2. The normalized spacial score (nSPS) is 10.0. The lowest BCUT2D eigenvalue weighted by Gasteiger charge is -2.05. The molecule has 0 spiro atoms. The van der Waals surface area contributed by atoms with E-state index in [0.29, 0.717) is 17.7 Å². The minimum Gasteiger partial charge on any atom is -0.497 e. The summed E-state index contributed by atoms with van der Waals surface area (Å²) in [5.74, 6) is 0.0959. The smallest absolute Gasteiger partial charge is 0.341 e. The van der Waals surface area contributed by atoms with Gasteiger partial charge in [-0.1, -0.05) is 0 Å². The summed E-state index contributed by atoms with van der Waals surface area (Å²) in [6, 6.07) is 6.95. The summed E-state index contributed by atoms with van der Waals surface area (Å²) in [5, 5.41) is 4.03. The molecular formula is C13H12N2O4. The lowest BCUT2D eigenvalue weighted by molar-refractivity contribution is 0.0598. The molecule has 0 saturated carbocycles. The van der Waals surface area contributed by atoms with Crippen molar-refractivity contribution in [2.45, 2.75) is 0 Å². The van der Waals surface area contributed by atoms with E-state index in [9.17, 15) is 9.59 Å². The van der Waals surface area contributed by atoms with Gasteiger partial charge in [-0.2, -0.15) is 5.10 Å². The van der Waals surface area contributed by atoms with Crippen LogP contribution in [0.25, 0.3) is 5.69 Å². The van der Waals surface area contributed by atoms with Crippen LogP contribution in [0, 0.1) is 0 Å². The molecule has 0 saturated heterocycles. The Kier molecular flexibility index (Phi) is 3.61. The molecule has 0 amide bonds. The Labute approximate surface area is 109 Å². The van der Waals surface area contributed by atoms with Gasteiger partial charge in [-0.15, -0.1) is 0 Å². The molecule has 0 radical (unpaired) electrons. The molecular weight excluding hydrogens is 248 g/mol. The van der Waals surface area contributed by atoms with Crippen LogP contribution < -0.4 is 4.74 Å². The Bertz CT molecular complexity index is 602. The van der Waals surface area contributed by atoms with Crippen LogP contribution in [0.5, 0.6) is 5.75 Å². The topological polar surface area (TPSA) is 70.4 Å². The number of hydrogen-bond donors (Lipinski definition) is 0. The van der Waals surface area contributed by atoms with Gasteiger partial charge in [-0.3, -0.25) is 4.79 Å². The van der Waals surface area contributed by atoms with Crippen molar-refractivity contribution in [1.29, 1.82) is 0 Å². The molecule has 0 aliphatic rings. The zero-order valence-electron chi connectivity index (χ0n) is 10.5. The number of rotatable bonds is 4. The maximum atomic E-state index is 11.5. The van der Waals surface area contributed by atoms with Gasteiger partial charge in [0.2, 0.25) is 0 Å². The Morgan fingerprint density at radius 1 is 1.26 bits per heavy atom. The van der Waals surface area contributed by atoms with E-state index in [2.05, 4.69) is 9.84 Å². The van der Waals surface area contributed by atoms with Crippen LogP contribution >= 0.6 is 0 Å². The van der Waals surface area contributed by atoms with Crippen LogP contribution in [0.1, 0.15) is 20.8 Å². The second-order valence-electron chi connectivity index (χ2n) is 3.66. The summed E-state index contributed by atoms with van der Waals surface area (Å²) in [6.07, 6.45) is 1.88. The monoisotopic (exact) mass is 260 g/mol. The Morgan fingerprint density at radius 2 is 1.95 bits per heavy atom. The summed E-state index contributed by atoms with van der Waals surface area (Å²) in [7, 11) is 2.82. The van der Waals surface area contributed by atoms with Gasteiger partial charge >= 0.3 is 5.97 Å². The highest BCUT2D eigenvalue weighted by molar-refractivity contribution is 5.97. The molecule has 0 bridgehead atoms. The fraction of sp³-hybridized carbons (Fsp3) is 0.154. The van der Waals surface area contributed by atoms with E-state index in [1.807, 2.05) is 0 Å². The number of nitrogens with zero attached hydrogens (tertiary/aromatic N) is 2. The van der Waals surface area contributed by atoms with Gasteiger partial charge in [0.05, 0.1) is 26.1 Å². The molecule has 0 N–H and O–H groups in total. The van der Waals surface area contributed by atoms with Gasteiger partial charge in [0.1, 0.15) is 17.0 Å². The second kappa shape index (κ2) is 5.34. The van der Waals surface area contributed by atoms with E-state index in [-0.39, 0.29) is 11.3 Å². The summed E-state index contributed by atoms with van der Waals surface area (Å²) in [6.45, 7) is 0. The van der Waals surface area contributed by atoms with Crippen molar-refractivity contribution >= 4 is 12.3 Å². The van der Waals surface area contributed by atoms with Crippen molar-refractivity contribution in [3.8, 4) is 11.4 Å². The minimum absolute atomic E-state index is 0.133. The Morgan fingerprint density at radius 3 is 2.47 bits per heavy atom. The van der Waals surface area contributed by atoms with Crippen molar-refractivity contribution in [2.75, 3.05) is 14.2 Å². The fourth-order valence-corrected chi connectivity index (χ4v) is 1.67. The highest BCUT2D eigenvalue weighted by atomic mass is 16.5. The zero-order chi connectivity index (χ0) is 13.8. The van der Waals surface area contributed by atoms with Crippen molar-refractivity contribution < 1.29 is 19.1 Å². The number of esters is 1. The standard InChI is InChI=1S/C13H12N2O4/c1-18-10-5-3-9(4-6-10)15-12(8-16)11(7-14-15)13(17)19-2/h3-8H,1-2H3. The number of ether oxygens (including phenoxy) is 2. The number of hydrogen-bond acceptors (Lipinski definition) is 5. The number of benzene rings is 1. The molecule has 0 aliphatic carbocycles. The van der Waals surface area contributed by atoms with E-state index < -0.39 is 5.97 Å². The molecule has 0 aliphatic heterocycles. The molecule has 1 aromatic carbocycles. The van der Waals surface area contributed by atoms with E-state index in [1.165, 1.54) is 18.0 Å². The quantitative estimate of drug-likeness (QED) is 0.615. The molecule has 0 unspecified atom stereocenters. The van der Waals surface area contributed by atoms with Gasteiger partial charge < -0.3 is 9.47 Å². The highest BCUT2D eigenvalue weighted by Gasteiger charge is 2.18. The number of carbonyl (C=O) groups is 2. The molecule has 0 fully saturated rings. The van der Waals surface area contributed by atoms with Crippen LogP contribution in [-0.4, -0.2) is 36.3 Å². The molecule has 19 heavy (non-hydrogen) atoms. The Hall–Kier alpha value is -2.63. The van der Waals surface area contributed by atoms with Crippen LogP contribution in [0.3, 0.4) is 0 Å². The minimum atomic E-state index is -0.595. The SMILES string of the molecule is COC(=O)c1cnn(-c2ccc(OC)cc2)c1C=O. The van der Waals surface area contributed by atoms with Crippen molar-refractivity contribution in [3.63, 3.8) is 0 Å². The average Bonchev–Trinajstić information content (AvgIpc) is 2.90. The third kappa shape index (κ3) is 2.33. The van der Waals surface area contributed by atoms with Crippen molar-refractivity contribution in [2.24, 2.45) is 0 Å². The maximum Gasteiger partial charge on any atom is 0.341 e. The average molecular weight is 260 g/mol. The first-order valence-corrected chi connectivity index (χ1v) is 5.47. The van der Waals surface area contributed by atoms with Gasteiger partial charge in [-0.05, 0) is 24.3 Å². The van der Waals surface area contributed by atoms with E-state index in [1.54, 1.807) is 31.4 Å². The summed E-state index contributed by atoms with van der Waals surface area (Å²) in [5.41, 5.74) is 0.934. The van der Waals surface area contributed by atoms with Crippen LogP contribution in [0.2, 0.25) is 0 Å². The first-order valence-electron chi connectivity index (χ1n) is 5.47. The predicted octanol–water partition coefficient (Wildman–Crippen LogP) is 1.48. The number of aromatic nitrogens is 2.